The second-order valence-electron chi connectivity index (χ2n) is 11.7. The molecule has 0 bridgehead atoms. The third-order valence-electron chi connectivity index (χ3n) is 8.90. The van der Waals surface area contributed by atoms with Crippen molar-refractivity contribution < 1.29 is 4.92 Å². The number of rotatable bonds is 4. The van der Waals surface area contributed by atoms with Crippen LogP contribution < -0.4 is 14.9 Å². The molecule has 0 radical (unpaired) electrons. The number of nitrogens with one attached hydrogen (secondary N) is 1. The lowest BCUT2D eigenvalue weighted by Gasteiger charge is -2.30. The van der Waals surface area contributed by atoms with E-state index in [4.69, 9.17) is 4.99 Å². The number of H-pyrrole nitrogens is 1. The van der Waals surface area contributed by atoms with Gasteiger partial charge in [-0.05, 0) is 66.7 Å². The van der Waals surface area contributed by atoms with Crippen molar-refractivity contribution in [2.45, 2.75) is 32.7 Å². The largest absolute Gasteiger partial charge is 0.354 e. The monoisotopic (exact) mass is 608 g/mol. The lowest BCUT2D eigenvalue weighted by Crippen LogP contribution is -2.38. The summed E-state index contributed by atoms with van der Waals surface area (Å²) in [7, 11) is 0. The van der Waals surface area contributed by atoms with E-state index in [1.54, 1.807) is 16.7 Å². The standard InChI is InChI=1S/C37H28N4O3S/c1-21-17-22(2)32-29(18-21)30(33(38-32)24-10-4-3-5-11-24)20-31-36(42)40-35(25-12-8-13-26(19-25)41(43)44)28-16-15-23-9-6-7-14-27(23)34(28)39-37(40)45-31/h3-14,17-20,35,38H,15-16H2,1-2H3/b31-20+/t35-/m0/s1. The van der Waals surface area contributed by atoms with Gasteiger partial charge in [0.1, 0.15) is 0 Å². The zero-order valence-corrected chi connectivity index (χ0v) is 25.5. The Labute approximate surface area is 262 Å². The number of aromatic nitrogens is 2. The first kappa shape index (κ1) is 27.2. The summed E-state index contributed by atoms with van der Waals surface area (Å²) in [4.78, 5) is 35.3. The van der Waals surface area contributed by atoms with E-state index < -0.39 is 6.04 Å². The van der Waals surface area contributed by atoms with Crippen LogP contribution in [0.15, 0.2) is 106 Å². The fraction of sp³-hybridized carbons (Fsp3) is 0.135. The highest BCUT2D eigenvalue weighted by Gasteiger charge is 2.33. The van der Waals surface area contributed by atoms with E-state index in [0.29, 0.717) is 21.3 Å². The van der Waals surface area contributed by atoms with E-state index in [1.807, 2.05) is 42.5 Å². The zero-order chi connectivity index (χ0) is 30.8. The van der Waals surface area contributed by atoms with Gasteiger partial charge in [0.15, 0.2) is 4.80 Å². The molecule has 4 aromatic carbocycles. The number of nitro groups is 1. The molecule has 1 aliphatic carbocycles. The summed E-state index contributed by atoms with van der Waals surface area (Å²) in [6, 6.07) is 28.9. The summed E-state index contributed by atoms with van der Waals surface area (Å²) in [5, 5.41) is 12.8. The second kappa shape index (κ2) is 10.4. The molecule has 0 amide bonds. The van der Waals surface area contributed by atoms with Crippen LogP contribution in [0.2, 0.25) is 0 Å². The highest BCUT2D eigenvalue weighted by molar-refractivity contribution is 7.07. The van der Waals surface area contributed by atoms with Crippen molar-refractivity contribution in [2.24, 2.45) is 4.99 Å². The smallest absolute Gasteiger partial charge is 0.271 e. The molecule has 6 aromatic rings. The summed E-state index contributed by atoms with van der Waals surface area (Å²) < 4.78 is 2.31. The maximum absolute atomic E-state index is 14.5. The van der Waals surface area contributed by atoms with Crippen molar-refractivity contribution in [1.29, 1.82) is 0 Å². The van der Waals surface area contributed by atoms with Crippen LogP contribution in [-0.4, -0.2) is 14.5 Å². The normalized spacial score (nSPS) is 15.9. The molecule has 0 unspecified atom stereocenters. The van der Waals surface area contributed by atoms with Crippen LogP contribution in [-0.2, 0) is 6.42 Å². The molecule has 0 saturated heterocycles. The highest BCUT2D eigenvalue weighted by atomic mass is 32.1. The number of aryl methyl sites for hydroxylation is 3. The molecular formula is C37H28N4O3S. The lowest BCUT2D eigenvalue weighted by atomic mass is 9.83. The van der Waals surface area contributed by atoms with Crippen LogP contribution in [0.1, 0.15) is 45.8 Å². The van der Waals surface area contributed by atoms with Gasteiger partial charge in [0, 0.05) is 34.2 Å². The number of fused-ring (bicyclic) bond motifs is 4. The van der Waals surface area contributed by atoms with E-state index in [9.17, 15) is 14.9 Å². The Kier molecular flexibility index (Phi) is 6.28. The molecule has 2 aliphatic rings. The van der Waals surface area contributed by atoms with Gasteiger partial charge in [0.2, 0.25) is 0 Å². The van der Waals surface area contributed by atoms with Gasteiger partial charge in [-0.1, -0.05) is 89.7 Å². The summed E-state index contributed by atoms with van der Waals surface area (Å²) in [5.41, 5.74) is 11.0. The molecule has 1 atom stereocenters. The van der Waals surface area contributed by atoms with Gasteiger partial charge < -0.3 is 4.98 Å². The zero-order valence-electron chi connectivity index (χ0n) is 24.7. The van der Waals surface area contributed by atoms with Crippen molar-refractivity contribution in [1.82, 2.24) is 9.55 Å². The Morgan fingerprint density at radius 3 is 2.60 bits per heavy atom. The molecule has 0 spiro atoms. The van der Waals surface area contributed by atoms with Gasteiger partial charge >= 0.3 is 0 Å². The van der Waals surface area contributed by atoms with Gasteiger partial charge in [-0.25, -0.2) is 4.99 Å². The van der Waals surface area contributed by atoms with Crippen LogP contribution in [0.25, 0.3) is 33.9 Å². The molecule has 1 aliphatic heterocycles. The molecule has 0 saturated carbocycles. The van der Waals surface area contributed by atoms with E-state index in [1.165, 1.54) is 23.0 Å². The van der Waals surface area contributed by atoms with Gasteiger partial charge in [-0.15, -0.1) is 0 Å². The second-order valence-corrected chi connectivity index (χ2v) is 12.8. The summed E-state index contributed by atoms with van der Waals surface area (Å²) in [6.45, 7) is 4.18. The van der Waals surface area contributed by atoms with Crippen molar-refractivity contribution in [3.8, 4) is 11.3 Å². The minimum absolute atomic E-state index is 0.00187. The lowest BCUT2D eigenvalue weighted by molar-refractivity contribution is -0.384. The predicted molar refractivity (Wildman–Crippen MR) is 179 cm³/mol. The van der Waals surface area contributed by atoms with Crippen LogP contribution in [0.3, 0.4) is 0 Å². The number of hydrogen-bond donors (Lipinski definition) is 1. The number of nitro benzene ring substituents is 1. The Balaban J connectivity index is 1.42. The molecule has 0 fully saturated rings. The Bertz CT molecular complexity index is 2410. The number of benzene rings is 4. The fourth-order valence-corrected chi connectivity index (χ4v) is 7.90. The SMILES string of the molecule is Cc1cc(C)c2[nH]c(-c3ccccc3)c(/C=c3/sc4n(c3=O)[C@@H](c3cccc([N+](=O)[O-])c3)C3=C(N=4)c4ccccc4CC3)c2c1. The van der Waals surface area contributed by atoms with E-state index in [0.717, 1.165) is 62.1 Å². The van der Waals surface area contributed by atoms with Crippen molar-refractivity contribution in [2.75, 3.05) is 0 Å². The van der Waals surface area contributed by atoms with E-state index in [-0.39, 0.29) is 16.2 Å². The quantitative estimate of drug-likeness (QED) is 0.173. The van der Waals surface area contributed by atoms with Gasteiger partial charge in [-0.2, -0.15) is 0 Å². The molecule has 3 heterocycles. The minimum Gasteiger partial charge on any atom is -0.354 e. The fourth-order valence-electron chi connectivity index (χ4n) is 6.92. The first-order valence-electron chi connectivity index (χ1n) is 14.9. The van der Waals surface area contributed by atoms with Crippen molar-refractivity contribution in [3.05, 3.63) is 160 Å². The number of nitrogens with zero attached hydrogens (tertiary/aromatic N) is 3. The van der Waals surface area contributed by atoms with Crippen LogP contribution in [0, 0.1) is 24.0 Å². The molecule has 220 valence electrons. The van der Waals surface area contributed by atoms with Gasteiger partial charge in [-0.3, -0.25) is 19.5 Å². The molecule has 7 nitrogen and oxygen atoms in total. The molecule has 45 heavy (non-hydrogen) atoms. The Morgan fingerprint density at radius 1 is 0.978 bits per heavy atom. The predicted octanol–water partition coefficient (Wildman–Crippen LogP) is 6.99. The number of thiazole rings is 1. The maximum Gasteiger partial charge on any atom is 0.271 e. The Hall–Kier alpha value is -5.34. The third kappa shape index (κ3) is 4.40. The van der Waals surface area contributed by atoms with E-state index in [2.05, 4.69) is 55.2 Å². The molecule has 2 aromatic heterocycles. The highest BCUT2D eigenvalue weighted by Crippen LogP contribution is 2.42. The Morgan fingerprint density at radius 2 is 1.78 bits per heavy atom. The van der Waals surface area contributed by atoms with Gasteiger partial charge in [0.25, 0.3) is 11.2 Å². The molecule has 8 heteroatoms. The first-order valence-corrected chi connectivity index (χ1v) is 15.7. The third-order valence-corrected chi connectivity index (χ3v) is 9.88. The van der Waals surface area contributed by atoms with Gasteiger partial charge in [0.05, 0.1) is 26.9 Å². The summed E-state index contributed by atoms with van der Waals surface area (Å²) in [5.74, 6) is 0. The average molecular weight is 609 g/mol. The molecule has 8 rings (SSSR count). The number of hydrogen-bond acceptors (Lipinski definition) is 5. The minimum atomic E-state index is -0.493. The van der Waals surface area contributed by atoms with Crippen molar-refractivity contribution >= 4 is 39.7 Å². The van der Waals surface area contributed by atoms with E-state index >= 15 is 0 Å². The number of non-ortho nitro benzene ring substituents is 1. The van der Waals surface area contributed by atoms with Crippen molar-refractivity contribution in [3.63, 3.8) is 0 Å². The average Bonchev–Trinajstić information content (AvgIpc) is 3.57. The topological polar surface area (TPSA) is 93.3 Å². The maximum atomic E-state index is 14.5. The summed E-state index contributed by atoms with van der Waals surface area (Å²) >= 11 is 1.37. The molecular weight excluding hydrogens is 580 g/mol. The number of allylic oxidation sites excluding steroid dienone is 1. The van der Waals surface area contributed by atoms with Crippen LogP contribution in [0.5, 0.6) is 0 Å². The van der Waals surface area contributed by atoms with Crippen LogP contribution >= 0.6 is 11.3 Å². The molecule has 1 N–H and O–H groups in total. The summed E-state index contributed by atoms with van der Waals surface area (Å²) in [6.07, 6.45) is 3.52. The van der Waals surface area contributed by atoms with Crippen LogP contribution in [0.4, 0.5) is 5.69 Å². The first-order chi connectivity index (χ1) is 21.9. The number of aromatic amines is 1.